The summed E-state index contributed by atoms with van der Waals surface area (Å²) in [5, 5.41) is 3.75. The monoisotopic (exact) mass is 445 g/mol. The molecule has 27 heavy (non-hydrogen) atoms. The summed E-state index contributed by atoms with van der Waals surface area (Å²) in [6, 6.07) is 15.8. The Bertz CT molecular complexity index is 879. The highest BCUT2D eigenvalue weighted by molar-refractivity contribution is 9.10. The van der Waals surface area contributed by atoms with Gasteiger partial charge in [-0.2, -0.15) is 0 Å². The summed E-state index contributed by atoms with van der Waals surface area (Å²) in [6.07, 6.45) is 4.42. The number of amides is 1. The Labute approximate surface area is 171 Å². The quantitative estimate of drug-likeness (QED) is 0.530. The summed E-state index contributed by atoms with van der Waals surface area (Å²) >= 11 is 4.86. The van der Waals surface area contributed by atoms with E-state index in [4.69, 9.17) is 4.74 Å². The highest BCUT2D eigenvalue weighted by atomic mass is 79.9. The standard InChI is InChI=1S/C20H20BrN3O2S/c1-26-18-8-2-15(3-9-18)10-11-22-19(25)14-27-20-23-12-13-24(20)17-6-4-16(21)5-7-17/h2-9,12-13H,10-11,14H2,1H3,(H,22,25). The number of nitrogens with one attached hydrogen (secondary N) is 1. The Balaban J connectivity index is 1.47. The molecule has 0 aliphatic rings. The molecule has 0 unspecified atom stereocenters. The summed E-state index contributed by atoms with van der Waals surface area (Å²) in [5.74, 6) is 1.16. The van der Waals surface area contributed by atoms with Crippen molar-refractivity contribution in [2.24, 2.45) is 0 Å². The first-order valence-corrected chi connectivity index (χ1v) is 10.3. The number of nitrogens with zero attached hydrogens (tertiary/aromatic N) is 2. The van der Waals surface area contributed by atoms with Crippen LogP contribution in [0.3, 0.4) is 0 Å². The minimum Gasteiger partial charge on any atom is -0.497 e. The van der Waals surface area contributed by atoms with E-state index in [0.29, 0.717) is 12.3 Å². The van der Waals surface area contributed by atoms with Crippen molar-refractivity contribution in [3.8, 4) is 11.4 Å². The normalized spacial score (nSPS) is 10.6. The van der Waals surface area contributed by atoms with Gasteiger partial charge in [0.2, 0.25) is 5.91 Å². The van der Waals surface area contributed by atoms with Crippen LogP contribution < -0.4 is 10.1 Å². The lowest BCUT2D eigenvalue weighted by Crippen LogP contribution is -2.27. The molecule has 0 atom stereocenters. The Morgan fingerprint density at radius 2 is 1.93 bits per heavy atom. The number of aromatic nitrogens is 2. The van der Waals surface area contributed by atoms with Gasteiger partial charge in [0.15, 0.2) is 5.16 Å². The van der Waals surface area contributed by atoms with Crippen LogP contribution in [-0.2, 0) is 11.2 Å². The maximum Gasteiger partial charge on any atom is 0.230 e. The van der Waals surface area contributed by atoms with Crippen molar-refractivity contribution >= 4 is 33.6 Å². The average molecular weight is 446 g/mol. The molecule has 3 aromatic rings. The number of methoxy groups -OCH3 is 1. The van der Waals surface area contributed by atoms with E-state index in [2.05, 4.69) is 26.2 Å². The van der Waals surface area contributed by atoms with Crippen LogP contribution in [0.15, 0.2) is 70.6 Å². The number of halogens is 1. The molecule has 0 radical (unpaired) electrons. The van der Waals surface area contributed by atoms with Crippen molar-refractivity contribution in [3.63, 3.8) is 0 Å². The minimum absolute atomic E-state index is 0.00105. The van der Waals surface area contributed by atoms with Crippen molar-refractivity contribution in [1.82, 2.24) is 14.9 Å². The molecule has 0 fully saturated rings. The fraction of sp³-hybridized carbons (Fsp3) is 0.200. The first kappa shape index (κ1) is 19.5. The van der Waals surface area contributed by atoms with Crippen LogP contribution in [-0.4, -0.2) is 34.9 Å². The SMILES string of the molecule is COc1ccc(CCNC(=O)CSc2nccn2-c2ccc(Br)cc2)cc1. The fourth-order valence-corrected chi connectivity index (χ4v) is 3.58. The summed E-state index contributed by atoms with van der Waals surface area (Å²) < 4.78 is 8.14. The number of hydrogen-bond donors (Lipinski definition) is 1. The van der Waals surface area contributed by atoms with Gasteiger partial charge >= 0.3 is 0 Å². The molecule has 1 heterocycles. The van der Waals surface area contributed by atoms with Crippen molar-refractivity contribution < 1.29 is 9.53 Å². The molecule has 0 saturated carbocycles. The van der Waals surface area contributed by atoms with Gasteiger partial charge in [0.25, 0.3) is 0 Å². The largest absolute Gasteiger partial charge is 0.497 e. The molecule has 0 aliphatic heterocycles. The molecule has 140 valence electrons. The lowest BCUT2D eigenvalue weighted by Gasteiger charge is -2.08. The van der Waals surface area contributed by atoms with Crippen molar-refractivity contribution in [3.05, 3.63) is 71.0 Å². The lowest BCUT2D eigenvalue weighted by molar-refractivity contribution is -0.118. The smallest absolute Gasteiger partial charge is 0.230 e. The van der Waals surface area contributed by atoms with E-state index in [1.165, 1.54) is 11.8 Å². The summed E-state index contributed by atoms with van der Waals surface area (Å²) in [5.41, 5.74) is 2.17. The van der Waals surface area contributed by atoms with E-state index in [1.54, 1.807) is 13.3 Å². The van der Waals surface area contributed by atoms with E-state index in [-0.39, 0.29) is 5.91 Å². The summed E-state index contributed by atoms with van der Waals surface area (Å²) in [4.78, 5) is 16.5. The first-order chi connectivity index (χ1) is 13.2. The van der Waals surface area contributed by atoms with Crippen LogP contribution in [0.1, 0.15) is 5.56 Å². The molecule has 2 aromatic carbocycles. The second kappa shape index (κ2) is 9.62. The van der Waals surface area contributed by atoms with Gasteiger partial charge in [0, 0.05) is 29.1 Å². The number of thioether (sulfide) groups is 1. The fourth-order valence-electron chi connectivity index (χ4n) is 2.51. The lowest BCUT2D eigenvalue weighted by atomic mass is 10.1. The van der Waals surface area contributed by atoms with E-state index >= 15 is 0 Å². The molecule has 0 saturated heterocycles. The molecule has 7 heteroatoms. The molecule has 0 bridgehead atoms. The maximum absolute atomic E-state index is 12.1. The van der Waals surface area contributed by atoms with Gasteiger partial charge in [0.1, 0.15) is 5.75 Å². The number of rotatable bonds is 8. The van der Waals surface area contributed by atoms with Gasteiger partial charge in [-0.05, 0) is 48.4 Å². The van der Waals surface area contributed by atoms with Crippen LogP contribution in [0.25, 0.3) is 5.69 Å². The van der Waals surface area contributed by atoms with Gasteiger partial charge in [0.05, 0.1) is 12.9 Å². The number of benzene rings is 2. The molecule has 1 N–H and O–H groups in total. The Hall–Kier alpha value is -2.25. The predicted molar refractivity (Wildman–Crippen MR) is 112 cm³/mol. The van der Waals surface area contributed by atoms with Gasteiger partial charge in [-0.15, -0.1) is 0 Å². The number of carbonyl (C=O) groups is 1. The Morgan fingerprint density at radius 1 is 1.19 bits per heavy atom. The van der Waals surface area contributed by atoms with Gasteiger partial charge in [-0.25, -0.2) is 4.98 Å². The second-order valence-corrected chi connectivity index (χ2v) is 7.65. The second-order valence-electron chi connectivity index (χ2n) is 5.79. The Morgan fingerprint density at radius 3 is 2.63 bits per heavy atom. The van der Waals surface area contributed by atoms with Crippen LogP contribution in [0.4, 0.5) is 0 Å². The van der Waals surface area contributed by atoms with Crippen molar-refractivity contribution in [1.29, 1.82) is 0 Å². The number of imidazole rings is 1. The van der Waals surface area contributed by atoms with Gasteiger partial charge < -0.3 is 10.1 Å². The molecular weight excluding hydrogens is 426 g/mol. The highest BCUT2D eigenvalue weighted by Gasteiger charge is 2.09. The predicted octanol–water partition coefficient (Wildman–Crippen LogP) is 4.09. The summed E-state index contributed by atoms with van der Waals surface area (Å²) in [6.45, 7) is 0.604. The molecule has 1 amide bonds. The average Bonchev–Trinajstić information content (AvgIpc) is 3.16. The van der Waals surface area contributed by atoms with Crippen LogP contribution in [0, 0.1) is 0 Å². The number of hydrogen-bond acceptors (Lipinski definition) is 4. The zero-order chi connectivity index (χ0) is 19.1. The number of carbonyl (C=O) groups excluding carboxylic acids is 1. The third-order valence-corrected chi connectivity index (χ3v) is 5.43. The molecule has 1 aromatic heterocycles. The van der Waals surface area contributed by atoms with Crippen molar-refractivity contribution in [2.75, 3.05) is 19.4 Å². The molecule has 3 rings (SSSR count). The van der Waals surface area contributed by atoms with E-state index in [0.717, 1.165) is 33.1 Å². The van der Waals surface area contributed by atoms with Gasteiger partial charge in [-0.1, -0.05) is 39.8 Å². The molecule has 5 nitrogen and oxygen atoms in total. The molecule has 0 aliphatic carbocycles. The summed E-state index contributed by atoms with van der Waals surface area (Å²) in [7, 11) is 1.65. The van der Waals surface area contributed by atoms with Crippen LogP contribution in [0.2, 0.25) is 0 Å². The van der Waals surface area contributed by atoms with E-state index in [1.807, 2.05) is 59.3 Å². The van der Waals surface area contributed by atoms with Crippen molar-refractivity contribution in [2.45, 2.75) is 11.6 Å². The Kier molecular flexibility index (Phi) is 6.95. The van der Waals surface area contributed by atoms with E-state index < -0.39 is 0 Å². The minimum atomic E-state index is -0.00105. The van der Waals surface area contributed by atoms with Crippen LogP contribution >= 0.6 is 27.7 Å². The molecular formula is C20H20BrN3O2S. The molecule has 0 spiro atoms. The van der Waals surface area contributed by atoms with Gasteiger partial charge in [-0.3, -0.25) is 9.36 Å². The number of ether oxygens (including phenoxy) is 1. The third-order valence-electron chi connectivity index (χ3n) is 3.94. The first-order valence-electron chi connectivity index (χ1n) is 8.47. The third kappa shape index (κ3) is 5.61. The van der Waals surface area contributed by atoms with E-state index in [9.17, 15) is 4.79 Å². The zero-order valence-electron chi connectivity index (χ0n) is 14.9. The maximum atomic E-state index is 12.1. The highest BCUT2D eigenvalue weighted by Crippen LogP contribution is 2.21. The van der Waals surface area contributed by atoms with Crippen LogP contribution in [0.5, 0.6) is 5.75 Å². The topological polar surface area (TPSA) is 56.1 Å². The zero-order valence-corrected chi connectivity index (χ0v) is 17.3.